The first-order valence-corrected chi connectivity index (χ1v) is 4.08. The molecule has 0 unspecified atom stereocenters. The Morgan fingerprint density at radius 2 is 2.23 bits per heavy atom. The molecule has 0 bridgehead atoms. The number of tetrazole rings is 1. The molecule has 0 N–H and O–H groups in total. The lowest BCUT2D eigenvalue weighted by atomic mass is 10.1. The van der Waals surface area contributed by atoms with Crippen LogP contribution in [0.4, 0.5) is 0 Å². The first kappa shape index (κ1) is 9.70. The molecule has 0 aliphatic carbocycles. The van der Waals surface area contributed by atoms with Crippen LogP contribution in [0.1, 0.15) is 20.8 Å². The first-order chi connectivity index (χ1) is 6.05. The third kappa shape index (κ3) is 2.27. The molecule has 0 fully saturated rings. The predicted molar refractivity (Wildman–Crippen MR) is 48.5 cm³/mol. The zero-order valence-corrected chi connectivity index (χ0v) is 8.19. The van der Waals surface area contributed by atoms with E-state index >= 15 is 0 Å². The van der Waals surface area contributed by atoms with Gasteiger partial charge in [-0.15, -0.1) is 0 Å². The third-order valence-corrected chi connectivity index (χ3v) is 1.41. The molecular weight excluding hydrogens is 168 g/mol. The summed E-state index contributed by atoms with van der Waals surface area (Å²) in [4.78, 5) is 0. The van der Waals surface area contributed by atoms with Gasteiger partial charge in [-0.2, -0.15) is 4.68 Å². The van der Waals surface area contributed by atoms with Crippen molar-refractivity contribution in [2.45, 2.75) is 26.3 Å². The number of nitrogens with zero attached hydrogens (tertiary/aromatic N) is 4. The lowest BCUT2D eigenvalue weighted by Crippen LogP contribution is -2.24. The van der Waals surface area contributed by atoms with Crippen molar-refractivity contribution in [3.05, 3.63) is 12.7 Å². The van der Waals surface area contributed by atoms with Gasteiger partial charge in [-0.25, -0.2) is 0 Å². The van der Waals surface area contributed by atoms with E-state index in [4.69, 9.17) is 4.74 Å². The molecule has 0 amide bonds. The van der Waals surface area contributed by atoms with E-state index in [1.54, 1.807) is 10.8 Å². The Morgan fingerprint density at radius 1 is 1.54 bits per heavy atom. The first-order valence-electron chi connectivity index (χ1n) is 4.08. The van der Waals surface area contributed by atoms with Crippen LogP contribution in [0.25, 0.3) is 0 Å². The Balaban J connectivity index is 2.83. The fraction of sp³-hybridized carbons (Fsp3) is 0.625. The van der Waals surface area contributed by atoms with E-state index in [1.807, 2.05) is 20.8 Å². The molecular formula is C8H14N4O. The van der Waals surface area contributed by atoms with Crippen molar-refractivity contribution in [2.24, 2.45) is 0 Å². The van der Waals surface area contributed by atoms with E-state index in [1.165, 1.54) is 0 Å². The van der Waals surface area contributed by atoms with E-state index < -0.39 is 0 Å². The van der Waals surface area contributed by atoms with Crippen molar-refractivity contribution in [1.29, 1.82) is 0 Å². The second kappa shape index (κ2) is 3.55. The van der Waals surface area contributed by atoms with Crippen molar-refractivity contribution < 1.29 is 4.74 Å². The molecule has 0 saturated heterocycles. The highest BCUT2D eigenvalue weighted by atomic mass is 16.5. The van der Waals surface area contributed by atoms with Crippen LogP contribution in [-0.2, 0) is 5.54 Å². The quantitative estimate of drug-likeness (QED) is 0.654. The summed E-state index contributed by atoms with van der Waals surface area (Å²) in [6.07, 6.45) is 1.65. The molecule has 0 radical (unpaired) electrons. The highest BCUT2D eigenvalue weighted by Crippen LogP contribution is 2.17. The lowest BCUT2D eigenvalue weighted by Gasteiger charge is -2.18. The van der Waals surface area contributed by atoms with Crippen LogP contribution in [0.5, 0.6) is 6.01 Å². The van der Waals surface area contributed by atoms with E-state index in [9.17, 15) is 0 Å². The van der Waals surface area contributed by atoms with E-state index in [2.05, 4.69) is 22.1 Å². The Hall–Kier alpha value is -1.39. The maximum atomic E-state index is 5.26. The summed E-state index contributed by atoms with van der Waals surface area (Å²) in [6, 6.07) is 0.424. The fourth-order valence-electron chi connectivity index (χ4n) is 0.823. The van der Waals surface area contributed by atoms with Gasteiger partial charge >= 0.3 is 6.01 Å². The smallest absolute Gasteiger partial charge is 0.336 e. The second-order valence-corrected chi connectivity index (χ2v) is 3.64. The van der Waals surface area contributed by atoms with Gasteiger partial charge in [0, 0.05) is 0 Å². The molecule has 5 heteroatoms. The van der Waals surface area contributed by atoms with E-state index in [-0.39, 0.29) is 5.54 Å². The van der Waals surface area contributed by atoms with Crippen LogP contribution in [-0.4, -0.2) is 26.8 Å². The van der Waals surface area contributed by atoms with Crippen LogP contribution in [0, 0.1) is 0 Å². The minimum atomic E-state index is -0.167. The average Bonchev–Trinajstić information content (AvgIpc) is 2.47. The molecule has 0 aromatic carbocycles. The van der Waals surface area contributed by atoms with E-state index in [0.717, 1.165) is 0 Å². The van der Waals surface area contributed by atoms with Gasteiger partial charge in [0.25, 0.3) is 0 Å². The zero-order valence-electron chi connectivity index (χ0n) is 8.19. The molecule has 1 aromatic heterocycles. The van der Waals surface area contributed by atoms with Gasteiger partial charge in [0.1, 0.15) is 6.61 Å². The average molecular weight is 182 g/mol. The lowest BCUT2D eigenvalue weighted by molar-refractivity contribution is 0.254. The monoisotopic (exact) mass is 182 g/mol. The van der Waals surface area contributed by atoms with Crippen molar-refractivity contribution in [1.82, 2.24) is 20.2 Å². The second-order valence-electron chi connectivity index (χ2n) is 3.64. The molecule has 0 saturated carbocycles. The summed E-state index contributed by atoms with van der Waals surface area (Å²) in [5.74, 6) is 0. The van der Waals surface area contributed by atoms with Crippen molar-refractivity contribution in [3.63, 3.8) is 0 Å². The van der Waals surface area contributed by atoms with Gasteiger partial charge in [-0.3, -0.25) is 0 Å². The summed E-state index contributed by atoms with van der Waals surface area (Å²) in [7, 11) is 0. The molecule has 72 valence electrons. The fourth-order valence-corrected chi connectivity index (χ4v) is 0.823. The molecule has 13 heavy (non-hydrogen) atoms. The van der Waals surface area contributed by atoms with Crippen molar-refractivity contribution >= 4 is 0 Å². The molecule has 1 heterocycles. The van der Waals surface area contributed by atoms with Crippen LogP contribution in [0.2, 0.25) is 0 Å². The Bertz CT molecular complexity index is 287. The molecule has 0 atom stereocenters. The third-order valence-electron chi connectivity index (χ3n) is 1.41. The van der Waals surface area contributed by atoms with Crippen LogP contribution in [0.15, 0.2) is 12.7 Å². The molecule has 1 rings (SSSR count). The van der Waals surface area contributed by atoms with Crippen LogP contribution < -0.4 is 4.74 Å². The van der Waals surface area contributed by atoms with Crippen LogP contribution >= 0.6 is 0 Å². The Labute approximate surface area is 77.4 Å². The van der Waals surface area contributed by atoms with Gasteiger partial charge in [0.15, 0.2) is 0 Å². The van der Waals surface area contributed by atoms with Crippen molar-refractivity contribution in [2.75, 3.05) is 6.61 Å². The highest BCUT2D eigenvalue weighted by molar-refractivity contribution is 4.93. The van der Waals surface area contributed by atoms with Gasteiger partial charge < -0.3 is 4.74 Å². The van der Waals surface area contributed by atoms with E-state index in [0.29, 0.717) is 12.6 Å². The predicted octanol–water partition coefficient (Wildman–Crippen LogP) is 0.993. The normalized spacial score (nSPS) is 11.3. The zero-order chi connectivity index (χ0) is 9.90. The minimum absolute atomic E-state index is 0.167. The summed E-state index contributed by atoms with van der Waals surface area (Å²) in [5, 5.41) is 11.1. The molecule has 0 aliphatic rings. The topological polar surface area (TPSA) is 52.8 Å². The highest BCUT2D eigenvalue weighted by Gasteiger charge is 2.20. The molecule has 1 aromatic rings. The molecule has 0 spiro atoms. The number of ether oxygens (including phenoxy) is 1. The standard InChI is InChI=1S/C8H14N4O/c1-5-6-13-7-9-10-11-12(7)8(2,3)4/h5H,1,6H2,2-4H3. The van der Waals surface area contributed by atoms with Gasteiger partial charge in [-0.05, 0) is 31.2 Å². The number of rotatable bonds is 3. The summed E-state index contributed by atoms with van der Waals surface area (Å²) < 4.78 is 6.90. The maximum absolute atomic E-state index is 5.26. The Morgan fingerprint density at radius 3 is 2.77 bits per heavy atom. The number of hydrogen-bond donors (Lipinski definition) is 0. The minimum Gasteiger partial charge on any atom is -0.458 e. The maximum Gasteiger partial charge on any atom is 0.336 e. The number of aromatic nitrogens is 4. The Kier molecular flexibility index (Phi) is 2.65. The summed E-state index contributed by atoms with van der Waals surface area (Å²) in [5.41, 5.74) is -0.167. The summed E-state index contributed by atoms with van der Waals surface area (Å²) in [6.45, 7) is 9.97. The SMILES string of the molecule is C=CCOc1nnnn1C(C)(C)C. The summed E-state index contributed by atoms with van der Waals surface area (Å²) >= 11 is 0. The van der Waals surface area contributed by atoms with Crippen LogP contribution in [0.3, 0.4) is 0 Å². The van der Waals surface area contributed by atoms with Gasteiger partial charge in [0.05, 0.1) is 5.54 Å². The largest absolute Gasteiger partial charge is 0.458 e. The van der Waals surface area contributed by atoms with Crippen molar-refractivity contribution in [3.8, 4) is 6.01 Å². The molecule has 0 aliphatic heterocycles. The van der Waals surface area contributed by atoms with Gasteiger partial charge in [0.2, 0.25) is 0 Å². The van der Waals surface area contributed by atoms with Gasteiger partial charge in [-0.1, -0.05) is 17.8 Å². The number of hydrogen-bond acceptors (Lipinski definition) is 4. The molecule has 5 nitrogen and oxygen atoms in total.